The summed E-state index contributed by atoms with van der Waals surface area (Å²) in [6.07, 6.45) is 0. The molecular formula is C11H12O5. The molecule has 2 N–H and O–H groups in total. The molecule has 0 fully saturated rings. The summed E-state index contributed by atoms with van der Waals surface area (Å²) in [7, 11) is 0. The molecule has 0 unspecified atom stereocenters. The van der Waals surface area contributed by atoms with E-state index in [1.807, 2.05) is 0 Å². The quantitative estimate of drug-likeness (QED) is 0.328. The van der Waals surface area contributed by atoms with Gasteiger partial charge < -0.3 is 14.9 Å². The third-order valence-corrected chi connectivity index (χ3v) is 1.91. The SMILES string of the molecule is CCOC(=O)C(O)(O)C(=O)c1ccccc1. The van der Waals surface area contributed by atoms with Crippen molar-refractivity contribution < 1.29 is 24.5 Å². The fourth-order valence-electron chi connectivity index (χ4n) is 1.12. The lowest BCUT2D eigenvalue weighted by Crippen LogP contribution is -2.47. The molecule has 1 aromatic carbocycles. The lowest BCUT2D eigenvalue weighted by atomic mass is 10.0. The second-order valence-corrected chi connectivity index (χ2v) is 3.09. The van der Waals surface area contributed by atoms with Gasteiger partial charge in [0.1, 0.15) is 0 Å². The van der Waals surface area contributed by atoms with Crippen LogP contribution in [0.15, 0.2) is 30.3 Å². The molecule has 1 rings (SSSR count). The van der Waals surface area contributed by atoms with Crippen LogP contribution in [0.4, 0.5) is 0 Å². The summed E-state index contributed by atoms with van der Waals surface area (Å²) in [5.74, 6) is -5.60. The summed E-state index contributed by atoms with van der Waals surface area (Å²) in [5.41, 5.74) is 0.0283. The van der Waals surface area contributed by atoms with E-state index in [0.29, 0.717) is 0 Å². The monoisotopic (exact) mass is 224 g/mol. The molecule has 0 saturated carbocycles. The molecule has 5 heteroatoms. The highest BCUT2D eigenvalue weighted by Gasteiger charge is 2.44. The molecule has 5 nitrogen and oxygen atoms in total. The summed E-state index contributed by atoms with van der Waals surface area (Å²) >= 11 is 0. The topological polar surface area (TPSA) is 83.8 Å². The maximum atomic E-state index is 11.6. The highest BCUT2D eigenvalue weighted by Crippen LogP contribution is 2.12. The van der Waals surface area contributed by atoms with Crippen LogP contribution in [-0.2, 0) is 9.53 Å². The van der Waals surface area contributed by atoms with E-state index in [1.165, 1.54) is 19.1 Å². The number of hydrogen-bond donors (Lipinski definition) is 2. The first-order valence-electron chi connectivity index (χ1n) is 4.72. The van der Waals surface area contributed by atoms with Crippen molar-refractivity contribution in [1.29, 1.82) is 0 Å². The molecule has 0 aliphatic heterocycles. The summed E-state index contributed by atoms with van der Waals surface area (Å²) in [4.78, 5) is 22.7. The summed E-state index contributed by atoms with van der Waals surface area (Å²) < 4.78 is 4.39. The standard InChI is InChI=1S/C11H12O5/c1-2-16-10(13)11(14,15)9(12)8-6-4-3-5-7-8/h3-7,14-15H,2H2,1H3. The van der Waals surface area contributed by atoms with Crippen molar-refractivity contribution in [2.45, 2.75) is 12.7 Å². The first kappa shape index (κ1) is 12.4. The molecule has 0 heterocycles. The molecule has 0 radical (unpaired) electrons. The van der Waals surface area contributed by atoms with Gasteiger partial charge in [0.25, 0.3) is 0 Å². The molecule has 86 valence electrons. The molecule has 16 heavy (non-hydrogen) atoms. The maximum absolute atomic E-state index is 11.6. The molecule has 0 atom stereocenters. The normalized spacial score (nSPS) is 10.9. The van der Waals surface area contributed by atoms with Crippen LogP contribution in [-0.4, -0.2) is 34.4 Å². The Morgan fingerprint density at radius 1 is 1.25 bits per heavy atom. The van der Waals surface area contributed by atoms with Gasteiger partial charge >= 0.3 is 11.8 Å². The molecular weight excluding hydrogens is 212 g/mol. The average Bonchev–Trinajstić information content (AvgIpc) is 2.29. The second kappa shape index (κ2) is 4.87. The molecule has 0 aromatic heterocycles. The molecule has 0 aliphatic carbocycles. The van der Waals surface area contributed by atoms with Gasteiger partial charge in [0, 0.05) is 5.56 Å². The van der Waals surface area contributed by atoms with Crippen molar-refractivity contribution in [2.75, 3.05) is 6.61 Å². The largest absolute Gasteiger partial charge is 0.462 e. The Balaban J connectivity index is 2.92. The van der Waals surface area contributed by atoms with Crippen LogP contribution in [0, 0.1) is 0 Å². The fourth-order valence-corrected chi connectivity index (χ4v) is 1.12. The van der Waals surface area contributed by atoms with Crippen molar-refractivity contribution in [3.05, 3.63) is 35.9 Å². The third kappa shape index (κ3) is 2.44. The van der Waals surface area contributed by atoms with Crippen molar-refractivity contribution in [3.63, 3.8) is 0 Å². The van der Waals surface area contributed by atoms with E-state index in [2.05, 4.69) is 4.74 Å². The van der Waals surface area contributed by atoms with Crippen molar-refractivity contribution in [3.8, 4) is 0 Å². The Morgan fingerprint density at radius 3 is 2.31 bits per heavy atom. The Bertz CT molecular complexity index is 383. The summed E-state index contributed by atoms with van der Waals surface area (Å²) in [5, 5.41) is 18.7. The summed E-state index contributed by atoms with van der Waals surface area (Å²) in [6, 6.07) is 7.52. The van der Waals surface area contributed by atoms with Gasteiger partial charge in [-0.05, 0) is 6.92 Å². The van der Waals surface area contributed by atoms with Gasteiger partial charge in [-0.1, -0.05) is 30.3 Å². The van der Waals surface area contributed by atoms with Crippen molar-refractivity contribution >= 4 is 11.8 Å². The number of hydrogen-bond acceptors (Lipinski definition) is 5. The van der Waals surface area contributed by atoms with E-state index in [1.54, 1.807) is 18.2 Å². The Kier molecular flexibility index (Phi) is 3.76. The molecule has 1 aromatic rings. The van der Waals surface area contributed by atoms with Gasteiger partial charge in [0.2, 0.25) is 5.78 Å². The van der Waals surface area contributed by atoms with E-state index < -0.39 is 17.5 Å². The Labute approximate surface area is 92.3 Å². The second-order valence-electron chi connectivity index (χ2n) is 3.09. The number of carbonyl (C=O) groups is 2. The number of esters is 1. The van der Waals surface area contributed by atoms with E-state index in [4.69, 9.17) is 0 Å². The first-order chi connectivity index (χ1) is 7.50. The minimum absolute atomic E-state index is 0.0283. The average molecular weight is 224 g/mol. The van der Waals surface area contributed by atoms with E-state index in [0.717, 1.165) is 0 Å². The number of carbonyl (C=O) groups excluding carboxylic acids is 2. The number of benzene rings is 1. The van der Waals surface area contributed by atoms with E-state index >= 15 is 0 Å². The highest BCUT2D eigenvalue weighted by molar-refractivity contribution is 6.13. The molecule has 0 aliphatic rings. The van der Waals surface area contributed by atoms with Gasteiger partial charge in [-0.2, -0.15) is 0 Å². The minimum atomic E-state index is -3.13. The zero-order chi connectivity index (χ0) is 12.2. The van der Waals surface area contributed by atoms with Crippen LogP contribution < -0.4 is 0 Å². The predicted molar refractivity (Wildman–Crippen MR) is 54.6 cm³/mol. The number of Topliss-reactive ketones (excluding diaryl/α,β-unsaturated/α-hetero) is 1. The lowest BCUT2D eigenvalue weighted by Gasteiger charge is -2.17. The predicted octanol–water partition coefficient (Wildman–Crippen LogP) is 0.113. The van der Waals surface area contributed by atoms with Gasteiger partial charge in [-0.25, -0.2) is 4.79 Å². The smallest absolute Gasteiger partial charge is 0.375 e. The van der Waals surface area contributed by atoms with Crippen molar-refractivity contribution in [2.24, 2.45) is 0 Å². The molecule has 0 amide bonds. The highest BCUT2D eigenvalue weighted by atomic mass is 16.6. The summed E-state index contributed by atoms with van der Waals surface area (Å²) in [6.45, 7) is 1.46. The van der Waals surface area contributed by atoms with Crippen LogP contribution in [0.2, 0.25) is 0 Å². The van der Waals surface area contributed by atoms with Crippen molar-refractivity contribution in [1.82, 2.24) is 0 Å². The van der Waals surface area contributed by atoms with Gasteiger partial charge in [-0.15, -0.1) is 0 Å². The minimum Gasteiger partial charge on any atom is -0.462 e. The number of ketones is 1. The molecule has 0 bridgehead atoms. The van der Waals surface area contributed by atoms with E-state index in [-0.39, 0.29) is 12.2 Å². The van der Waals surface area contributed by atoms with Crippen LogP contribution >= 0.6 is 0 Å². The lowest BCUT2D eigenvalue weighted by molar-refractivity contribution is -0.191. The van der Waals surface area contributed by atoms with Crippen LogP contribution in [0.3, 0.4) is 0 Å². The van der Waals surface area contributed by atoms with Crippen LogP contribution in [0.25, 0.3) is 0 Å². The van der Waals surface area contributed by atoms with E-state index in [9.17, 15) is 19.8 Å². The zero-order valence-corrected chi connectivity index (χ0v) is 8.71. The molecule has 0 spiro atoms. The Morgan fingerprint density at radius 2 is 1.81 bits per heavy atom. The fraction of sp³-hybridized carbons (Fsp3) is 0.273. The zero-order valence-electron chi connectivity index (χ0n) is 8.71. The number of aliphatic hydroxyl groups is 2. The number of ether oxygens (including phenoxy) is 1. The maximum Gasteiger partial charge on any atom is 0.375 e. The Hall–Kier alpha value is -1.72. The molecule has 0 saturated heterocycles. The van der Waals surface area contributed by atoms with Crippen LogP contribution in [0.1, 0.15) is 17.3 Å². The number of rotatable bonds is 4. The first-order valence-corrected chi connectivity index (χ1v) is 4.72. The van der Waals surface area contributed by atoms with Gasteiger partial charge in [0.05, 0.1) is 6.61 Å². The third-order valence-electron chi connectivity index (χ3n) is 1.91. The van der Waals surface area contributed by atoms with Gasteiger partial charge in [-0.3, -0.25) is 4.79 Å². The van der Waals surface area contributed by atoms with Crippen LogP contribution in [0.5, 0.6) is 0 Å². The van der Waals surface area contributed by atoms with Gasteiger partial charge in [0.15, 0.2) is 0 Å².